The summed E-state index contributed by atoms with van der Waals surface area (Å²) in [5, 5.41) is 3.57. The molecule has 1 heterocycles. The number of hydrogen-bond acceptors (Lipinski definition) is 5. The number of unbranched alkanes of at least 4 members (excludes halogenated alkanes) is 33. The normalized spacial score (nSPS) is 14.1. The first-order valence-corrected chi connectivity index (χ1v) is 33.8. The van der Waals surface area contributed by atoms with Crippen molar-refractivity contribution in [1.29, 1.82) is 0 Å². The molecule has 0 bridgehead atoms. The first-order chi connectivity index (χ1) is 36.4. The van der Waals surface area contributed by atoms with Gasteiger partial charge in [0, 0.05) is 44.4 Å². The van der Waals surface area contributed by atoms with Gasteiger partial charge >= 0.3 is 5.97 Å². The maximum absolute atomic E-state index is 13.7. The minimum Gasteiger partial charge on any atom is -0.465 e. The van der Waals surface area contributed by atoms with E-state index in [2.05, 4.69) is 49.7 Å². The van der Waals surface area contributed by atoms with Crippen LogP contribution in [-0.4, -0.2) is 72.5 Å². The minimum absolute atomic E-state index is 0.00147. The number of carbonyl (C=O) groups excluding carboxylic acids is 3. The fourth-order valence-electron chi connectivity index (χ4n) is 11.7. The molecule has 3 unspecified atom stereocenters. The van der Waals surface area contributed by atoms with Crippen molar-refractivity contribution in [2.75, 3.05) is 32.8 Å². The molecule has 0 aliphatic carbocycles. The molecule has 0 saturated carbocycles. The van der Waals surface area contributed by atoms with Gasteiger partial charge in [0.25, 0.3) is 0 Å². The number of likely N-dealkylation sites (tertiary alicyclic amines) is 1. The van der Waals surface area contributed by atoms with Crippen LogP contribution < -0.4 is 5.32 Å². The summed E-state index contributed by atoms with van der Waals surface area (Å²) in [6, 6.07) is 0.820. The summed E-state index contributed by atoms with van der Waals surface area (Å²) in [4.78, 5) is 44.8. The highest BCUT2D eigenvalue weighted by atomic mass is 16.5. The Bertz CT molecular complexity index is 1190. The maximum Gasteiger partial charge on any atom is 0.305 e. The molecule has 1 aliphatic rings. The smallest absolute Gasteiger partial charge is 0.305 e. The average Bonchev–Trinajstić information content (AvgIpc) is 3.95. The number of nitrogens with zero attached hydrogens (tertiary/aromatic N) is 2. The number of nitrogens with one attached hydrogen (secondary N) is 1. The number of rotatable bonds is 58. The molecule has 1 N–H and O–H groups in total. The molecular weight excluding hydrogens is 911 g/mol. The molecule has 1 saturated heterocycles. The Morgan fingerprint density at radius 3 is 1.27 bits per heavy atom. The van der Waals surface area contributed by atoms with Gasteiger partial charge in [-0.25, -0.2) is 0 Å². The number of esters is 1. The molecule has 7 nitrogen and oxygen atoms in total. The number of ether oxygens (including phenoxy) is 1. The topological polar surface area (TPSA) is 79.0 Å². The monoisotopic (exact) mass is 1040 g/mol. The standard InChI is InChI=1S/C67H131N3O4/c1-6-11-16-20-23-29-36-44-59-70(60-45-37-30-24-21-17-12-7-2)66(72)53-42-34-27-25-31-39-50-63(68-65(71)56-55-64(69-57-46-47-58-69)52-41-33-22-18-13-8-3)51-40-32-26-28-35-43-54-67(73)74-61-62(48-15-10-5)49-38-19-14-9-4/h62-64H,6-61H2,1-5H3,(H,68,71). The van der Waals surface area contributed by atoms with Crippen LogP contribution in [0.3, 0.4) is 0 Å². The van der Waals surface area contributed by atoms with Crippen LogP contribution in [0.4, 0.5) is 0 Å². The molecule has 0 aromatic carbocycles. The van der Waals surface area contributed by atoms with Crippen molar-refractivity contribution in [3.63, 3.8) is 0 Å². The highest BCUT2D eigenvalue weighted by molar-refractivity contribution is 5.76. The second kappa shape index (κ2) is 54.7. The van der Waals surface area contributed by atoms with E-state index in [0.717, 1.165) is 83.7 Å². The molecule has 74 heavy (non-hydrogen) atoms. The molecule has 1 rings (SSSR count). The Morgan fingerprint density at radius 1 is 0.405 bits per heavy atom. The van der Waals surface area contributed by atoms with E-state index in [1.165, 1.54) is 251 Å². The molecule has 7 heteroatoms. The van der Waals surface area contributed by atoms with E-state index >= 15 is 0 Å². The van der Waals surface area contributed by atoms with Crippen LogP contribution in [0.5, 0.6) is 0 Å². The Kier molecular flexibility index (Phi) is 52.0. The lowest BCUT2D eigenvalue weighted by Crippen LogP contribution is -2.37. The minimum atomic E-state index is -0.00147. The van der Waals surface area contributed by atoms with Gasteiger partial charge in [0.1, 0.15) is 0 Å². The van der Waals surface area contributed by atoms with E-state index in [4.69, 9.17) is 4.74 Å². The van der Waals surface area contributed by atoms with E-state index < -0.39 is 0 Å². The van der Waals surface area contributed by atoms with E-state index in [1.54, 1.807) is 0 Å². The van der Waals surface area contributed by atoms with E-state index in [9.17, 15) is 14.4 Å². The summed E-state index contributed by atoms with van der Waals surface area (Å²) in [5.74, 6) is 1.20. The molecule has 1 fully saturated rings. The van der Waals surface area contributed by atoms with Gasteiger partial charge in [-0.3, -0.25) is 14.4 Å². The zero-order valence-corrected chi connectivity index (χ0v) is 50.9. The van der Waals surface area contributed by atoms with Gasteiger partial charge in [0.05, 0.1) is 6.61 Å². The SMILES string of the molecule is CCCCCCCCCCN(CCCCCCCCCC)C(=O)CCCCCCCCC(CCCCCCCCC(=O)OCC(CCCC)CCCCCC)NC(=O)CCC(CCCCCCCC)N1CCCC1. The van der Waals surface area contributed by atoms with Gasteiger partial charge < -0.3 is 19.9 Å². The largest absolute Gasteiger partial charge is 0.465 e. The van der Waals surface area contributed by atoms with Crippen LogP contribution in [0.1, 0.15) is 362 Å². The number of carbonyl (C=O) groups is 3. The number of hydrogen-bond donors (Lipinski definition) is 1. The van der Waals surface area contributed by atoms with E-state index in [1.807, 2.05) is 0 Å². The first-order valence-electron chi connectivity index (χ1n) is 33.8. The Balaban J connectivity index is 2.59. The van der Waals surface area contributed by atoms with Crippen LogP contribution in [0, 0.1) is 5.92 Å². The summed E-state index contributed by atoms with van der Waals surface area (Å²) >= 11 is 0. The third kappa shape index (κ3) is 44.4. The molecule has 0 spiro atoms. The van der Waals surface area contributed by atoms with Gasteiger partial charge in [-0.2, -0.15) is 0 Å². The van der Waals surface area contributed by atoms with E-state index in [0.29, 0.717) is 43.7 Å². The van der Waals surface area contributed by atoms with Crippen LogP contribution in [0.2, 0.25) is 0 Å². The highest BCUT2D eigenvalue weighted by Gasteiger charge is 2.23. The van der Waals surface area contributed by atoms with Gasteiger partial charge in [0.2, 0.25) is 11.8 Å². The summed E-state index contributed by atoms with van der Waals surface area (Å²) in [6.07, 6.45) is 61.5. The van der Waals surface area contributed by atoms with Crippen molar-refractivity contribution in [1.82, 2.24) is 15.1 Å². The molecule has 0 aromatic heterocycles. The lowest BCUT2D eigenvalue weighted by atomic mass is 9.96. The Labute approximate surface area is 462 Å². The fraction of sp³-hybridized carbons (Fsp3) is 0.955. The van der Waals surface area contributed by atoms with Crippen LogP contribution in [0.15, 0.2) is 0 Å². The van der Waals surface area contributed by atoms with Crippen molar-refractivity contribution < 1.29 is 19.1 Å². The van der Waals surface area contributed by atoms with Crippen LogP contribution in [0.25, 0.3) is 0 Å². The molecule has 1 aliphatic heterocycles. The van der Waals surface area contributed by atoms with Gasteiger partial charge in [-0.05, 0) is 96.1 Å². The predicted octanol–water partition coefficient (Wildman–Crippen LogP) is 20.1. The predicted molar refractivity (Wildman–Crippen MR) is 322 cm³/mol. The molecule has 438 valence electrons. The molecule has 0 aromatic rings. The second-order valence-electron chi connectivity index (χ2n) is 23.9. The van der Waals surface area contributed by atoms with Gasteiger partial charge in [0.15, 0.2) is 0 Å². The Hall–Kier alpha value is -1.63. The van der Waals surface area contributed by atoms with Crippen LogP contribution in [-0.2, 0) is 19.1 Å². The zero-order chi connectivity index (χ0) is 53.6. The lowest BCUT2D eigenvalue weighted by Gasteiger charge is -2.28. The number of amides is 2. The maximum atomic E-state index is 13.7. The van der Waals surface area contributed by atoms with Crippen molar-refractivity contribution in [2.45, 2.75) is 374 Å². The van der Waals surface area contributed by atoms with E-state index in [-0.39, 0.29) is 17.9 Å². The molecular formula is C67H131N3O4. The van der Waals surface area contributed by atoms with Crippen molar-refractivity contribution in [2.24, 2.45) is 5.92 Å². The van der Waals surface area contributed by atoms with Crippen molar-refractivity contribution >= 4 is 17.8 Å². The van der Waals surface area contributed by atoms with Crippen molar-refractivity contribution in [3.8, 4) is 0 Å². The second-order valence-corrected chi connectivity index (χ2v) is 23.9. The molecule has 3 atom stereocenters. The molecule has 2 amide bonds. The Morgan fingerprint density at radius 2 is 0.784 bits per heavy atom. The summed E-state index contributed by atoms with van der Waals surface area (Å²) in [5.41, 5.74) is 0. The average molecular weight is 1040 g/mol. The quantitative estimate of drug-likeness (QED) is 0.0485. The van der Waals surface area contributed by atoms with Gasteiger partial charge in [-0.15, -0.1) is 0 Å². The fourth-order valence-corrected chi connectivity index (χ4v) is 11.7. The summed E-state index contributed by atoms with van der Waals surface area (Å²) in [7, 11) is 0. The first kappa shape index (κ1) is 70.4. The van der Waals surface area contributed by atoms with Gasteiger partial charge in [-0.1, -0.05) is 266 Å². The van der Waals surface area contributed by atoms with Crippen molar-refractivity contribution in [3.05, 3.63) is 0 Å². The third-order valence-electron chi connectivity index (χ3n) is 16.8. The van der Waals surface area contributed by atoms with Crippen LogP contribution >= 0.6 is 0 Å². The molecule has 0 radical (unpaired) electrons. The zero-order valence-electron chi connectivity index (χ0n) is 50.9. The lowest BCUT2D eigenvalue weighted by molar-refractivity contribution is -0.145. The summed E-state index contributed by atoms with van der Waals surface area (Å²) < 4.78 is 5.79. The summed E-state index contributed by atoms with van der Waals surface area (Å²) in [6.45, 7) is 16.3. The highest BCUT2D eigenvalue weighted by Crippen LogP contribution is 2.23. The third-order valence-corrected chi connectivity index (χ3v) is 16.8.